The molecule has 1 heterocycles. The highest BCUT2D eigenvalue weighted by atomic mass is 16.5. The topological polar surface area (TPSA) is 87.7 Å². The number of rotatable bonds is 5. The molecular formula is C21H24N2O4. The van der Waals surface area contributed by atoms with Crippen molar-refractivity contribution in [2.75, 3.05) is 11.9 Å². The summed E-state index contributed by atoms with van der Waals surface area (Å²) in [7, 11) is 0. The predicted molar refractivity (Wildman–Crippen MR) is 103 cm³/mol. The number of carbonyl (C=O) groups is 2. The lowest BCUT2D eigenvalue weighted by atomic mass is 10.0. The number of aromatic hydroxyl groups is 1. The van der Waals surface area contributed by atoms with Gasteiger partial charge in [0.25, 0.3) is 11.8 Å². The highest BCUT2D eigenvalue weighted by molar-refractivity contribution is 5.97. The number of hydrogen-bond acceptors (Lipinski definition) is 4. The van der Waals surface area contributed by atoms with E-state index in [1.165, 1.54) is 0 Å². The lowest BCUT2D eigenvalue weighted by Gasteiger charge is -2.12. The molecule has 27 heavy (non-hydrogen) atoms. The van der Waals surface area contributed by atoms with Crippen molar-refractivity contribution in [3.8, 4) is 5.75 Å². The van der Waals surface area contributed by atoms with Crippen LogP contribution in [0.15, 0.2) is 36.4 Å². The molecule has 3 rings (SSSR count). The molecule has 1 atom stereocenters. The third kappa shape index (κ3) is 4.65. The number of carbonyl (C=O) groups excluding carboxylic acids is 2. The summed E-state index contributed by atoms with van der Waals surface area (Å²) in [6.45, 7) is 4.55. The second-order valence-corrected chi connectivity index (χ2v) is 6.85. The molecule has 1 fully saturated rings. The van der Waals surface area contributed by atoms with Crippen LogP contribution in [0.4, 0.5) is 5.69 Å². The van der Waals surface area contributed by atoms with Gasteiger partial charge in [-0.3, -0.25) is 9.59 Å². The number of anilines is 1. The highest BCUT2D eigenvalue weighted by Gasteiger charge is 2.23. The molecule has 3 N–H and O–H groups in total. The number of nitrogens with one attached hydrogen (secondary N) is 2. The molecule has 0 spiro atoms. The molecule has 1 unspecified atom stereocenters. The lowest BCUT2D eigenvalue weighted by Crippen LogP contribution is -2.27. The van der Waals surface area contributed by atoms with Gasteiger partial charge in [0.2, 0.25) is 0 Å². The van der Waals surface area contributed by atoms with Gasteiger partial charge in [0, 0.05) is 18.8 Å². The van der Waals surface area contributed by atoms with Crippen LogP contribution < -0.4 is 10.6 Å². The van der Waals surface area contributed by atoms with Crippen LogP contribution in [0, 0.1) is 13.8 Å². The smallest absolute Gasteiger partial charge is 0.255 e. The maximum absolute atomic E-state index is 12.4. The Hall–Kier alpha value is -2.86. The van der Waals surface area contributed by atoms with E-state index < -0.39 is 0 Å². The van der Waals surface area contributed by atoms with Crippen molar-refractivity contribution in [1.29, 1.82) is 0 Å². The van der Waals surface area contributed by atoms with Gasteiger partial charge in [0.1, 0.15) is 11.9 Å². The fourth-order valence-corrected chi connectivity index (χ4v) is 3.18. The molecule has 6 heteroatoms. The van der Waals surface area contributed by atoms with E-state index in [2.05, 4.69) is 10.6 Å². The maximum atomic E-state index is 12.4. The van der Waals surface area contributed by atoms with Crippen molar-refractivity contribution < 1.29 is 19.4 Å². The Kier molecular flexibility index (Phi) is 5.76. The quantitative estimate of drug-likeness (QED) is 0.757. The molecule has 142 valence electrons. The van der Waals surface area contributed by atoms with Crippen LogP contribution in [0.5, 0.6) is 5.75 Å². The maximum Gasteiger partial charge on any atom is 0.255 e. The van der Waals surface area contributed by atoms with Gasteiger partial charge < -0.3 is 20.5 Å². The number of aryl methyl sites for hydroxylation is 2. The van der Waals surface area contributed by atoms with E-state index in [4.69, 9.17) is 4.74 Å². The number of amides is 2. The molecule has 1 aliphatic rings. The summed E-state index contributed by atoms with van der Waals surface area (Å²) >= 11 is 0. The minimum Gasteiger partial charge on any atom is -0.507 e. The van der Waals surface area contributed by atoms with Crippen molar-refractivity contribution in [1.82, 2.24) is 5.32 Å². The molecule has 0 bridgehead atoms. The van der Waals surface area contributed by atoms with Gasteiger partial charge in [-0.05, 0) is 61.6 Å². The first-order chi connectivity index (χ1) is 12.9. The Morgan fingerprint density at radius 2 is 2.04 bits per heavy atom. The fourth-order valence-electron chi connectivity index (χ4n) is 3.18. The fraction of sp³-hybridized carbons (Fsp3) is 0.333. The molecule has 2 aromatic carbocycles. The van der Waals surface area contributed by atoms with Crippen LogP contribution in [0.3, 0.4) is 0 Å². The van der Waals surface area contributed by atoms with Gasteiger partial charge in [-0.2, -0.15) is 0 Å². The van der Waals surface area contributed by atoms with Gasteiger partial charge in [-0.1, -0.05) is 18.2 Å². The van der Waals surface area contributed by atoms with Crippen LogP contribution in [-0.2, 0) is 16.1 Å². The summed E-state index contributed by atoms with van der Waals surface area (Å²) in [5, 5.41) is 15.8. The number of ether oxygens (including phenoxy) is 1. The van der Waals surface area contributed by atoms with Crippen molar-refractivity contribution >= 4 is 17.5 Å². The summed E-state index contributed by atoms with van der Waals surface area (Å²) in [5.74, 6) is -0.488. The molecule has 2 amide bonds. The molecule has 0 radical (unpaired) electrons. The summed E-state index contributed by atoms with van der Waals surface area (Å²) < 4.78 is 5.38. The molecule has 6 nitrogen and oxygen atoms in total. The first kappa shape index (κ1) is 18.9. The van der Waals surface area contributed by atoms with Gasteiger partial charge in [0.05, 0.1) is 5.56 Å². The lowest BCUT2D eigenvalue weighted by molar-refractivity contribution is -0.124. The Morgan fingerprint density at radius 3 is 2.78 bits per heavy atom. The first-order valence-corrected chi connectivity index (χ1v) is 9.04. The monoisotopic (exact) mass is 368 g/mol. The van der Waals surface area contributed by atoms with E-state index in [0.717, 1.165) is 24.0 Å². The summed E-state index contributed by atoms with van der Waals surface area (Å²) in [6.07, 6.45) is 1.25. The number of phenolic OH excluding ortho intramolecular Hbond substituents is 1. The Balaban J connectivity index is 1.63. The minimum absolute atomic E-state index is 0.00400. The van der Waals surface area contributed by atoms with E-state index in [9.17, 15) is 14.7 Å². The van der Waals surface area contributed by atoms with Crippen molar-refractivity contribution in [3.63, 3.8) is 0 Å². The van der Waals surface area contributed by atoms with Crippen LogP contribution in [0.1, 0.15) is 39.9 Å². The molecule has 0 aromatic heterocycles. The SMILES string of the molecule is Cc1cc(C)c(O)c(C(=O)NCc2cccc(NC(=O)C3CCCO3)c2)c1. The number of hydrogen-bond donors (Lipinski definition) is 3. The van der Waals surface area contributed by atoms with Crippen LogP contribution in [0.25, 0.3) is 0 Å². The molecule has 1 saturated heterocycles. The predicted octanol–water partition coefficient (Wildman–Crippen LogP) is 3.06. The molecule has 1 aliphatic heterocycles. The Bertz CT molecular complexity index is 857. The zero-order valence-corrected chi connectivity index (χ0v) is 15.5. The zero-order valence-electron chi connectivity index (χ0n) is 15.5. The normalized spacial score (nSPS) is 16.1. The Morgan fingerprint density at radius 1 is 1.22 bits per heavy atom. The first-order valence-electron chi connectivity index (χ1n) is 9.04. The third-order valence-corrected chi connectivity index (χ3v) is 4.56. The van der Waals surface area contributed by atoms with E-state index >= 15 is 0 Å². The summed E-state index contributed by atoms with van der Waals surface area (Å²) in [4.78, 5) is 24.6. The minimum atomic E-state index is -0.388. The van der Waals surface area contributed by atoms with Gasteiger partial charge in [0.15, 0.2) is 0 Å². The molecule has 0 saturated carbocycles. The number of benzene rings is 2. The second-order valence-electron chi connectivity index (χ2n) is 6.85. The van der Waals surface area contributed by atoms with E-state index in [1.54, 1.807) is 19.1 Å². The van der Waals surface area contributed by atoms with E-state index in [1.807, 2.05) is 31.2 Å². The third-order valence-electron chi connectivity index (χ3n) is 4.56. The standard InChI is InChI=1S/C21H24N2O4/c1-13-9-14(2)19(24)17(10-13)20(25)22-12-15-5-3-6-16(11-15)23-21(26)18-7-4-8-27-18/h3,5-6,9-11,18,24H,4,7-8,12H2,1-2H3,(H,22,25)(H,23,26). The van der Waals surface area contributed by atoms with Gasteiger partial charge in [-0.15, -0.1) is 0 Å². The second kappa shape index (κ2) is 8.22. The highest BCUT2D eigenvalue weighted by Crippen LogP contribution is 2.23. The van der Waals surface area contributed by atoms with Crippen molar-refractivity contribution in [2.24, 2.45) is 0 Å². The van der Waals surface area contributed by atoms with Crippen molar-refractivity contribution in [3.05, 3.63) is 58.7 Å². The van der Waals surface area contributed by atoms with E-state index in [-0.39, 0.29) is 35.8 Å². The Labute approximate surface area is 158 Å². The summed E-state index contributed by atoms with van der Waals surface area (Å²) in [5.41, 5.74) is 3.34. The van der Waals surface area contributed by atoms with Crippen LogP contribution in [0.2, 0.25) is 0 Å². The zero-order chi connectivity index (χ0) is 19.4. The van der Waals surface area contributed by atoms with Gasteiger partial charge in [-0.25, -0.2) is 0 Å². The summed E-state index contributed by atoms with van der Waals surface area (Å²) in [6, 6.07) is 10.8. The molecule has 2 aromatic rings. The van der Waals surface area contributed by atoms with Crippen LogP contribution >= 0.6 is 0 Å². The molecule has 0 aliphatic carbocycles. The molecular weight excluding hydrogens is 344 g/mol. The van der Waals surface area contributed by atoms with Gasteiger partial charge >= 0.3 is 0 Å². The van der Waals surface area contributed by atoms with Crippen molar-refractivity contribution in [2.45, 2.75) is 39.3 Å². The average molecular weight is 368 g/mol. The largest absolute Gasteiger partial charge is 0.507 e. The number of phenols is 1. The average Bonchev–Trinajstić information content (AvgIpc) is 3.18. The van der Waals surface area contributed by atoms with E-state index in [0.29, 0.717) is 17.9 Å². The van der Waals surface area contributed by atoms with Crippen LogP contribution in [-0.4, -0.2) is 29.6 Å².